The number of carbonyl (C=O) groups excluding carboxylic acids is 2. The second kappa shape index (κ2) is 6.86. The van der Waals surface area contributed by atoms with E-state index in [1.54, 1.807) is 24.0 Å². The normalized spacial score (nSPS) is 15.4. The zero-order valence-corrected chi connectivity index (χ0v) is 15.7. The van der Waals surface area contributed by atoms with Gasteiger partial charge in [-0.2, -0.15) is 0 Å². The third-order valence-electron chi connectivity index (χ3n) is 4.55. The lowest BCUT2D eigenvalue weighted by Crippen LogP contribution is -2.54. The van der Waals surface area contributed by atoms with Crippen molar-refractivity contribution in [3.63, 3.8) is 0 Å². The van der Waals surface area contributed by atoms with Crippen molar-refractivity contribution in [2.24, 2.45) is 0 Å². The van der Waals surface area contributed by atoms with Crippen LogP contribution in [0.2, 0.25) is 0 Å². The van der Waals surface area contributed by atoms with E-state index >= 15 is 0 Å². The topological polar surface area (TPSA) is 65.8 Å². The van der Waals surface area contributed by atoms with Gasteiger partial charge >= 0.3 is 0 Å². The van der Waals surface area contributed by atoms with Gasteiger partial charge in [0, 0.05) is 18.6 Å². The molecule has 1 aromatic heterocycles. The van der Waals surface area contributed by atoms with Gasteiger partial charge in [-0.15, -0.1) is 0 Å². The number of fused-ring (bicyclic) bond motifs is 1. The molecular formula is C20H25N3O3. The van der Waals surface area contributed by atoms with E-state index in [0.29, 0.717) is 6.54 Å². The van der Waals surface area contributed by atoms with Crippen molar-refractivity contribution in [2.45, 2.75) is 39.3 Å². The maximum absolute atomic E-state index is 13.0. The minimum atomic E-state index is -0.651. The van der Waals surface area contributed by atoms with E-state index in [4.69, 9.17) is 4.42 Å². The lowest BCUT2D eigenvalue weighted by atomic mass is 10.0. The Morgan fingerprint density at radius 3 is 2.38 bits per heavy atom. The SMILES string of the molecule is CC(NC(=O)c1ccco1)C(=O)N1CCN(C(C)(C)C)c2ccccc21. The minimum Gasteiger partial charge on any atom is -0.459 e. The Hall–Kier alpha value is -2.76. The largest absolute Gasteiger partial charge is 0.459 e. The number of nitrogens with one attached hydrogen (secondary N) is 1. The van der Waals surface area contributed by atoms with E-state index in [1.165, 1.54) is 6.26 Å². The number of rotatable bonds is 3. The minimum absolute atomic E-state index is 0.0373. The first-order valence-electron chi connectivity index (χ1n) is 8.81. The second-order valence-corrected chi connectivity index (χ2v) is 7.47. The van der Waals surface area contributed by atoms with Crippen LogP contribution >= 0.6 is 0 Å². The molecule has 1 aliphatic rings. The lowest BCUT2D eigenvalue weighted by Gasteiger charge is -2.45. The number of hydrogen-bond donors (Lipinski definition) is 1. The molecule has 1 aromatic carbocycles. The summed E-state index contributed by atoms with van der Waals surface area (Å²) in [6.45, 7) is 9.50. The maximum Gasteiger partial charge on any atom is 0.287 e. The molecule has 0 radical (unpaired) electrons. The zero-order chi connectivity index (χ0) is 18.9. The second-order valence-electron chi connectivity index (χ2n) is 7.47. The quantitative estimate of drug-likeness (QED) is 0.919. The van der Waals surface area contributed by atoms with Crippen molar-refractivity contribution in [1.82, 2.24) is 5.32 Å². The Kier molecular flexibility index (Phi) is 4.76. The summed E-state index contributed by atoms with van der Waals surface area (Å²) < 4.78 is 5.09. The van der Waals surface area contributed by atoms with Gasteiger partial charge in [-0.05, 0) is 52.0 Å². The van der Waals surface area contributed by atoms with Gasteiger partial charge in [0.05, 0.1) is 17.6 Å². The number of anilines is 2. The summed E-state index contributed by atoms with van der Waals surface area (Å²) in [5.41, 5.74) is 1.87. The maximum atomic E-state index is 13.0. The highest BCUT2D eigenvalue weighted by Crippen LogP contribution is 2.37. The van der Waals surface area contributed by atoms with Crippen molar-refractivity contribution in [3.8, 4) is 0 Å². The molecule has 1 N–H and O–H groups in total. The van der Waals surface area contributed by atoms with E-state index in [1.807, 2.05) is 24.3 Å². The lowest BCUT2D eigenvalue weighted by molar-refractivity contribution is -0.120. The van der Waals surface area contributed by atoms with Gasteiger partial charge in [0.25, 0.3) is 5.91 Å². The van der Waals surface area contributed by atoms with Crippen molar-refractivity contribution >= 4 is 23.2 Å². The average molecular weight is 355 g/mol. The standard InChI is InChI=1S/C20H25N3O3/c1-14(21-18(24)17-10-7-13-26-17)19(25)22-11-12-23(20(2,3)4)16-9-6-5-8-15(16)22/h5-10,13-14H,11-12H2,1-4H3,(H,21,24). The molecule has 0 saturated heterocycles. The summed E-state index contributed by atoms with van der Waals surface area (Å²) in [5, 5.41) is 2.71. The molecule has 6 nitrogen and oxygen atoms in total. The number of hydrogen-bond acceptors (Lipinski definition) is 4. The highest BCUT2D eigenvalue weighted by Gasteiger charge is 2.33. The van der Waals surface area contributed by atoms with Gasteiger partial charge in [-0.25, -0.2) is 0 Å². The average Bonchev–Trinajstić information content (AvgIpc) is 3.14. The molecule has 1 aliphatic heterocycles. The highest BCUT2D eigenvalue weighted by atomic mass is 16.3. The summed E-state index contributed by atoms with van der Waals surface area (Å²) >= 11 is 0. The van der Waals surface area contributed by atoms with Crippen LogP contribution in [0.4, 0.5) is 11.4 Å². The van der Waals surface area contributed by atoms with Crippen LogP contribution in [-0.4, -0.2) is 36.5 Å². The number of nitrogens with zero attached hydrogens (tertiary/aromatic N) is 2. The smallest absolute Gasteiger partial charge is 0.287 e. The van der Waals surface area contributed by atoms with E-state index in [2.05, 4.69) is 31.0 Å². The zero-order valence-electron chi connectivity index (χ0n) is 15.7. The number of carbonyl (C=O) groups is 2. The number of para-hydroxylation sites is 2. The van der Waals surface area contributed by atoms with Crippen molar-refractivity contribution in [3.05, 3.63) is 48.4 Å². The van der Waals surface area contributed by atoms with Crippen molar-refractivity contribution in [1.29, 1.82) is 0 Å². The van der Waals surface area contributed by atoms with Gasteiger partial charge in [0.1, 0.15) is 6.04 Å². The summed E-state index contributed by atoms with van der Waals surface area (Å²) in [7, 11) is 0. The molecule has 2 heterocycles. The number of benzene rings is 1. The third kappa shape index (κ3) is 3.45. The molecule has 0 fully saturated rings. The van der Waals surface area contributed by atoms with Crippen molar-refractivity contribution in [2.75, 3.05) is 22.9 Å². The fraction of sp³-hybridized carbons (Fsp3) is 0.400. The molecule has 1 atom stereocenters. The van der Waals surface area contributed by atoms with Crippen LogP contribution in [0.3, 0.4) is 0 Å². The Labute approximate surface area is 153 Å². The Bertz CT molecular complexity index is 793. The first kappa shape index (κ1) is 18.0. The monoisotopic (exact) mass is 355 g/mol. The molecule has 1 unspecified atom stereocenters. The van der Waals surface area contributed by atoms with E-state index in [-0.39, 0.29) is 17.2 Å². The predicted molar refractivity (Wildman–Crippen MR) is 102 cm³/mol. The van der Waals surface area contributed by atoms with Crippen LogP contribution < -0.4 is 15.1 Å². The van der Waals surface area contributed by atoms with Gasteiger partial charge < -0.3 is 19.5 Å². The van der Waals surface area contributed by atoms with Crippen LogP contribution in [0.5, 0.6) is 0 Å². The summed E-state index contributed by atoms with van der Waals surface area (Å²) in [5.74, 6) is -0.328. The van der Waals surface area contributed by atoms with Gasteiger partial charge in [0.2, 0.25) is 5.91 Å². The molecule has 6 heteroatoms. The molecule has 26 heavy (non-hydrogen) atoms. The molecule has 0 saturated carbocycles. The first-order chi connectivity index (χ1) is 12.3. The highest BCUT2D eigenvalue weighted by molar-refractivity contribution is 6.03. The summed E-state index contributed by atoms with van der Waals surface area (Å²) in [6.07, 6.45) is 1.43. The van der Waals surface area contributed by atoms with Crippen LogP contribution in [0.1, 0.15) is 38.2 Å². The molecular weight excluding hydrogens is 330 g/mol. The molecule has 138 valence electrons. The fourth-order valence-electron chi connectivity index (χ4n) is 3.26. The van der Waals surface area contributed by atoms with E-state index in [9.17, 15) is 9.59 Å². The molecule has 2 aromatic rings. The molecule has 0 bridgehead atoms. The van der Waals surface area contributed by atoms with Crippen molar-refractivity contribution < 1.29 is 14.0 Å². The van der Waals surface area contributed by atoms with E-state index < -0.39 is 11.9 Å². The van der Waals surface area contributed by atoms with Crippen LogP contribution in [0.25, 0.3) is 0 Å². The Morgan fingerprint density at radius 1 is 1.08 bits per heavy atom. The van der Waals surface area contributed by atoms with E-state index in [0.717, 1.165) is 17.9 Å². The van der Waals surface area contributed by atoms with Gasteiger partial charge in [0.15, 0.2) is 5.76 Å². The molecule has 2 amide bonds. The van der Waals surface area contributed by atoms with Crippen LogP contribution in [-0.2, 0) is 4.79 Å². The fourth-order valence-corrected chi connectivity index (χ4v) is 3.26. The Balaban J connectivity index is 1.80. The first-order valence-corrected chi connectivity index (χ1v) is 8.81. The van der Waals surface area contributed by atoms with Gasteiger partial charge in [-0.1, -0.05) is 12.1 Å². The predicted octanol–water partition coefficient (Wildman–Crippen LogP) is 3.05. The summed E-state index contributed by atoms with van der Waals surface area (Å²) in [4.78, 5) is 29.2. The van der Waals surface area contributed by atoms with Gasteiger partial charge in [-0.3, -0.25) is 9.59 Å². The van der Waals surface area contributed by atoms with Crippen LogP contribution in [0, 0.1) is 0 Å². The molecule has 3 rings (SSSR count). The number of furan rings is 1. The van der Waals surface area contributed by atoms with Crippen LogP contribution in [0.15, 0.2) is 47.1 Å². The third-order valence-corrected chi connectivity index (χ3v) is 4.55. The Morgan fingerprint density at radius 2 is 1.77 bits per heavy atom. The molecule has 0 spiro atoms. The molecule has 0 aliphatic carbocycles. The summed E-state index contributed by atoms with van der Waals surface area (Å²) in [6, 6.07) is 10.5. The number of amides is 2.